The van der Waals surface area contributed by atoms with E-state index in [1.54, 1.807) is 6.92 Å². The van der Waals surface area contributed by atoms with Gasteiger partial charge in [-0.25, -0.2) is 9.59 Å². The zero-order valence-electron chi connectivity index (χ0n) is 11.9. The lowest BCUT2D eigenvalue weighted by Gasteiger charge is -2.32. The Hall–Kier alpha value is -2.12. The summed E-state index contributed by atoms with van der Waals surface area (Å²) >= 11 is 0. The van der Waals surface area contributed by atoms with Gasteiger partial charge in [0.15, 0.2) is 0 Å². The maximum atomic E-state index is 12.0. The first-order valence-electron chi connectivity index (χ1n) is 6.95. The molecule has 2 atom stereocenters. The van der Waals surface area contributed by atoms with Crippen molar-refractivity contribution in [2.75, 3.05) is 6.54 Å². The Morgan fingerprint density at radius 1 is 1.24 bits per heavy atom. The third-order valence-electron chi connectivity index (χ3n) is 3.42. The molecular formula is C13H20N2O6. The van der Waals surface area contributed by atoms with Crippen LogP contribution in [0.2, 0.25) is 0 Å². The molecule has 21 heavy (non-hydrogen) atoms. The van der Waals surface area contributed by atoms with E-state index < -0.39 is 35.8 Å². The molecule has 1 aliphatic rings. The highest BCUT2D eigenvalue weighted by atomic mass is 16.4. The van der Waals surface area contributed by atoms with Gasteiger partial charge in [-0.05, 0) is 25.7 Å². The molecule has 1 rings (SSSR count). The van der Waals surface area contributed by atoms with E-state index in [1.165, 1.54) is 0 Å². The summed E-state index contributed by atoms with van der Waals surface area (Å²) < 4.78 is 0. The number of nitrogens with one attached hydrogen (secondary N) is 1. The quantitative estimate of drug-likeness (QED) is 0.605. The van der Waals surface area contributed by atoms with Crippen LogP contribution in [0.3, 0.4) is 0 Å². The van der Waals surface area contributed by atoms with Crippen molar-refractivity contribution in [2.45, 2.75) is 51.1 Å². The van der Waals surface area contributed by atoms with Gasteiger partial charge in [-0.1, -0.05) is 13.3 Å². The van der Waals surface area contributed by atoms with Gasteiger partial charge in [0, 0.05) is 6.54 Å². The van der Waals surface area contributed by atoms with E-state index in [2.05, 4.69) is 5.32 Å². The number of hydrogen-bond acceptors (Lipinski definition) is 4. The Morgan fingerprint density at radius 2 is 1.90 bits per heavy atom. The van der Waals surface area contributed by atoms with Crippen molar-refractivity contribution in [3.8, 4) is 0 Å². The predicted molar refractivity (Wildman–Crippen MR) is 71.5 cm³/mol. The minimum Gasteiger partial charge on any atom is -0.480 e. The summed E-state index contributed by atoms with van der Waals surface area (Å²) in [6, 6.07) is -2.16. The fraction of sp³-hybridized carbons (Fsp3) is 0.692. The lowest BCUT2D eigenvalue weighted by atomic mass is 10.0. The van der Waals surface area contributed by atoms with E-state index in [1.807, 2.05) is 0 Å². The van der Waals surface area contributed by atoms with Crippen molar-refractivity contribution >= 4 is 23.8 Å². The molecule has 8 nitrogen and oxygen atoms in total. The van der Waals surface area contributed by atoms with Gasteiger partial charge in [0.05, 0.1) is 0 Å². The van der Waals surface area contributed by atoms with Crippen molar-refractivity contribution in [1.82, 2.24) is 10.2 Å². The van der Waals surface area contributed by atoms with Crippen LogP contribution in [-0.4, -0.2) is 57.5 Å². The van der Waals surface area contributed by atoms with Crippen LogP contribution < -0.4 is 5.32 Å². The van der Waals surface area contributed by atoms with Gasteiger partial charge in [-0.3, -0.25) is 9.59 Å². The summed E-state index contributed by atoms with van der Waals surface area (Å²) in [4.78, 5) is 46.9. The summed E-state index contributed by atoms with van der Waals surface area (Å²) in [5, 5.41) is 20.2. The monoisotopic (exact) mass is 300 g/mol. The highest BCUT2D eigenvalue weighted by Gasteiger charge is 2.36. The molecule has 1 saturated heterocycles. The standard InChI is InChI=1S/C13H20N2O6/c1-2-5-8(12(18)19)14-10(16)11(17)15-7-4-3-6-9(15)13(20)21/h8-9H,2-7H2,1H3,(H,14,16)(H,18,19)(H,20,21)/t8-,9+/m1/s1. The average molecular weight is 300 g/mol. The highest BCUT2D eigenvalue weighted by Crippen LogP contribution is 2.17. The highest BCUT2D eigenvalue weighted by molar-refractivity contribution is 6.35. The number of carbonyl (C=O) groups excluding carboxylic acids is 2. The maximum Gasteiger partial charge on any atom is 0.326 e. The number of hydrogen-bond donors (Lipinski definition) is 3. The minimum atomic E-state index is -1.22. The zero-order chi connectivity index (χ0) is 16.0. The summed E-state index contributed by atoms with van der Waals surface area (Å²) in [5.74, 6) is -4.42. The van der Waals surface area contributed by atoms with Gasteiger partial charge in [-0.2, -0.15) is 0 Å². The van der Waals surface area contributed by atoms with Crippen LogP contribution in [0.15, 0.2) is 0 Å². The number of amides is 2. The van der Waals surface area contributed by atoms with Crippen LogP contribution in [0.5, 0.6) is 0 Å². The fourth-order valence-electron chi connectivity index (χ4n) is 2.33. The van der Waals surface area contributed by atoms with Gasteiger partial charge >= 0.3 is 23.8 Å². The van der Waals surface area contributed by atoms with E-state index in [0.717, 1.165) is 4.90 Å². The largest absolute Gasteiger partial charge is 0.480 e. The number of aliphatic carboxylic acids is 2. The van der Waals surface area contributed by atoms with Gasteiger partial charge in [0.25, 0.3) is 0 Å². The molecule has 0 aromatic carbocycles. The van der Waals surface area contributed by atoms with Crippen LogP contribution in [-0.2, 0) is 19.2 Å². The molecule has 118 valence electrons. The third kappa shape index (κ3) is 4.44. The Morgan fingerprint density at radius 3 is 2.43 bits per heavy atom. The van der Waals surface area contributed by atoms with Crippen molar-refractivity contribution in [2.24, 2.45) is 0 Å². The molecule has 8 heteroatoms. The molecule has 0 radical (unpaired) electrons. The summed E-state index contributed by atoms with van der Waals surface area (Å²) in [7, 11) is 0. The summed E-state index contributed by atoms with van der Waals surface area (Å²) in [6.45, 7) is 1.95. The lowest BCUT2D eigenvalue weighted by molar-refractivity contribution is -0.157. The molecule has 0 bridgehead atoms. The Kier molecular flexibility index (Phi) is 6.13. The van der Waals surface area contributed by atoms with Gasteiger partial charge in [0.1, 0.15) is 12.1 Å². The third-order valence-corrected chi connectivity index (χ3v) is 3.42. The number of piperidine rings is 1. The summed E-state index contributed by atoms with van der Waals surface area (Å²) in [6.07, 6.45) is 2.34. The molecule has 0 aromatic heterocycles. The van der Waals surface area contributed by atoms with Crippen LogP contribution >= 0.6 is 0 Å². The first-order chi connectivity index (χ1) is 9.88. The zero-order valence-corrected chi connectivity index (χ0v) is 11.9. The normalized spacial score (nSPS) is 19.7. The van der Waals surface area contributed by atoms with E-state index >= 15 is 0 Å². The number of nitrogens with zero attached hydrogens (tertiary/aromatic N) is 1. The van der Waals surface area contributed by atoms with E-state index in [4.69, 9.17) is 10.2 Å². The number of carboxylic acids is 2. The molecule has 0 unspecified atom stereocenters. The Balaban J connectivity index is 2.73. The summed E-state index contributed by atoms with van der Waals surface area (Å²) in [5.41, 5.74) is 0. The molecular weight excluding hydrogens is 280 g/mol. The molecule has 1 aliphatic heterocycles. The molecule has 0 aliphatic carbocycles. The molecule has 0 saturated carbocycles. The van der Waals surface area contributed by atoms with E-state index in [9.17, 15) is 19.2 Å². The number of carboxylic acid groups (broad SMARTS) is 2. The lowest BCUT2D eigenvalue weighted by Crippen LogP contribution is -2.55. The molecule has 0 aromatic rings. The molecule has 3 N–H and O–H groups in total. The molecule has 2 amide bonds. The van der Waals surface area contributed by atoms with Gasteiger partial charge < -0.3 is 20.4 Å². The maximum absolute atomic E-state index is 12.0. The second kappa shape index (κ2) is 7.61. The first kappa shape index (κ1) is 16.9. The van der Waals surface area contributed by atoms with Crippen molar-refractivity contribution in [1.29, 1.82) is 0 Å². The second-order valence-electron chi connectivity index (χ2n) is 5.00. The van der Waals surface area contributed by atoms with Crippen LogP contribution in [0, 0.1) is 0 Å². The van der Waals surface area contributed by atoms with Crippen LogP contribution in [0.25, 0.3) is 0 Å². The first-order valence-corrected chi connectivity index (χ1v) is 6.95. The topological polar surface area (TPSA) is 124 Å². The molecule has 1 fully saturated rings. The van der Waals surface area contributed by atoms with Gasteiger partial charge in [-0.15, -0.1) is 0 Å². The molecule has 1 heterocycles. The SMILES string of the molecule is CCC[C@@H](NC(=O)C(=O)N1CCCC[C@H]1C(=O)O)C(=O)O. The van der Waals surface area contributed by atoms with Crippen LogP contribution in [0.1, 0.15) is 39.0 Å². The average Bonchev–Trinajstić information content (AvgIpc) is 2.45. The fourth-order valence-corrected chi connectivity index (χ4v) is 2.33. The van der Waals surface area contributed by atoms with E-state index in [0.29, 0.717) is 25.7 Å². The van der Waals surface area contributed by atoms with E-state index in [-0.39, 0.29) is 13.0 Å². The number of likely N-dealkylation sites (tertiary alicyclic amines) is 1. The smallest absolute Gasteiger partial charge is 0.326 e. The predicted octanol–water partition coefficient (Wildman–Crippen LogP) is -0.178. The number of rotatable bonds is 5. The molecule has 0 spiro atoms. The van der Waals surface area contributed by atoms with Crippen LogP contribution in [0.4, 0.5) is 0 Å². The second-order valence-corrected chi connectivity index (χ2v) is 5.00. The van der Waals surface area contributed by atoms with Crippen molar-refractivity contribution in [3.05, 3.63) is 0 Å². The Bertz CT molecular complexity index is 436. The number of carbonyl (C=O) groups is 4. The van der Waals surface area contributed by atoms with Crippen molar-refractivity contribution in [3.63, 3.8) is 0 Å². The van der Waals surface area contributed by atoms with Crippen molar-refractivity contribution < 1.29 is 29.4 Å². The minimum absolute atomic E-state index is 0.189. The van der Waals surface area contributed by atoms with Gasteiger partial charge in [0.2, 0.25) is 0 Å². The Labute approximate surface area is 122 Å².